The summed E-state index contributed by atoms with van der Waals surface area (Å²) < 4.78 is 2.65. The number of hydrogen-bond acceptors (Lipinski definition) is 4. The van der Waals surface area contributed by atoms with Gasteiger partial charge in [-0.1, -0.05) is 184 Å². The number of rotatable bonds is 5. The second-order valence-electron chi connectivity index (χ2n) is 30.9. The van der Waals surface area contributed by atoms with Gasteiger partial charge in [0.05, 0.1) is 10.4 Å². The van der Waals surface area contributed by atoms with Crippen LogP contribution in [0.15, 0.2) is 146 Å². The summed E-state index contributed by atoms with van der Waals surface area (Å²) in [5.74, 6) is 0. The lowest BCUT2D eigenvalue weighted by Gasteiger charge is -2.48. The highest BCUT2D eigenvalue weighted by Crippen LogP contribution is 2.55. The highest BCUT2D eigenvalue weighted by atomic mass is 32.1. The van der Waals surface area contributed by atoms with E-state index >= 15 is 0 Å². The average Bonchev–Trinajstić information content (AvgIpc) is 1.08. The van der Waals surface area contributed by atoms with Crippen molar-refractivity contribution >= 4 is 106 Å². The van der Waals surface area contributed by atoms with Crippen LogP contribution >= 0.6 is 11.3 Å². The van der Waals surface area contributed by atoms with Crippen LogP contribution in [0.1, 0.15) is 188 Å². The van der Waals surface area contributed by atoms with Gasteiger partial charge in [-0.25, -0.2) is 0 Å². The minimum absolute atomic E-state index is 0.0190. The van der Waals surface area contributed by atoms with Crippen molar-refractivity contribution in [2.45, 2.75) is 188 Å². The molecule has 418 valence electrons. The van der Waals surface area contributed by atoms with Gasteiger partial charge in [-0.05, 0) is 210 Å². The fourth-order valence-electron chi connectivity index (χ4n) is 14.7. The second-order valence-corrected chi connectivity index (χ2v) is 32.0. The molecule has 0 amide bonds. The molecule has 3 nitrogen and oxygen atoms in total. The number of aryl methyl sites for hydroxylation is 1. The quantitative estimate of drug-likeness (QED) is 0.159. The van der Waals surface area contributed by atoms with Crippen LogP contribution in [0.4, 0.5) is 51.2 Å². The van der Waals surface area contributed by atoms with E-state index in [1.165, 1.54) is 128 Å². The van der Waals surface area contributed by atoms with Gasteiger partial charge in [-0.15, -0.1) is 11.3 Å². The van der Waals surface area contributed by atoms with Gasteiger partial charge in [-0.2, -0.15) is 0 Å². The van der Waals surface area contributed by atoms with E-state index in [0.29, 0.717) is 0 Å². The lowest BCUT2D eigenvalue weighted by molar-refractivity contribution is 0.332. The topological polar surface area (TPSA) is 9.72 Å². The zero-order valence-electron chi connectivity index (χ0n) is 52.5. The minimum atomic E-state index is -0.0298. The predicted molar refractivity (Wildman–Crippen MR) is 359 cm³/mol. The SMILES string of the molecule is Cc1cc2c3c(c1)N(c1cccc4c1sc1cc(C(C)(C)C)ccc14)c1cc(N(c4ccc(C(C)(C)C)cc4)c4ccc(C(C)(C)C)cc4)ccc1B3c1cc3c(cc1N2c1ccc2c(c1)C(C)(C)CCC2(C)C)C(C)(C)CCC3(C)C. The normalized spacial score (nSPS) is 17.5. The lowest BCUT2D eigenvalue weighted by atomic mass is 9.33. The number of anilines is 9. The van der Waals surface area contributed by atoms with Crippen LogP contribution in [-0.2, 0) is 37.9 Å². The zero-order valence-corrected chi connectivity index (χ0v) is 53.3. The molecule has 1 aromatic heterocycles. The maximum absolute atomic E-state index is 2.71. The van der Waals surface area contributed by atoms with Gasteiger partial charge in [0.2, 0.25) is 0 Å². The van der Waals surface area contributed by atoms with Crippen LogP contribution in [0.2, 0.25) is 0 Å². The van der Waals surface area contributed by atoms with Crippen molar-refractivity contribution in [2.75, 3.05) is 14.7 Å². The predicted octanol–water partition coefficient (Wildman–Crippen LogP) is 20.5. The first-order chi connectivity index (χ1) is 38.4. The van der Waals surface area contributed by atoms with E-state index in [0.717, 1.165) is 29.9 Å². The van der Waals surface area contributed by atoms with Crippen molar-refractivity contribution in [1.29, 1.82) is 0 Å². The second kappa shape index (κ2) is 18.2. The van der Waals surface area contributed by atoms with Gasteiger partial charge in [0.1, 0.15) is 0 Å². The van der Waals surface area contributed by atoms with Crippen molar-refractivity contribution in [3.05, 3.63) is 190 Å². The smallest absolute Gasteiger partial charge is 0.252 e. The van der Waals surface area contributed by atoms with Crippen LogP contribution in [0.25, 0.3) is 20.2 Å². The Morgan fingerprint density at radius 3 is 1.49 bits per heavy atom. The van der Waals surface area contributed by atoms with Gasteiger partial charge in [0, 0.05) is 61.0 Å². The molecule has 3 heterocycles. The van der Waals surface area contributed by atoms with E-state index in [9.17, 15) is 0 Å². The maximum Gasteiger partial charge on any atom is 0.252 e. The first-order valence-electron chi connectivity index (χ1n) is 30.6. The third-order valence-corrected chi connectivity index (χ3v) is 21.3. The minimum Gasteiger partial charge on any atom is -0.311 e. The lowest BCUT2D eigenvalue weighted by Crippen LogP contribution is -2.62. The Morgan fingerprint density at radius 2 is 0.915 bits per heavy atom. The van der Waals surface area contributed by atoms with Crippen molar-refractivity contribution in [3.8, 4) is 0 Å². The Balaban J connectivity index is 1.13. The molecule has 2 aliphatic heterocycles. The Bertz CT molecular complexity index is 4010. The molecule has 4 aliphatic rings. The summed E-state index contributed by atoms with van der Waals surface area (Å²) in [6.45, 7) is 43.0. The molecule has 0 saturated carbocycles. The van der Waals surface area contributed by atoms with Crippen LogP contribution in [-0.4, -0.2) is 6.71 Å². The van der Waals surface area contributed by atoms with Crippen LogP contribution in [0.5, 0.6) is 0 Å². The van der Waals surface area contributed by atoms with Crippen LogP contribution in [0, 0.1) is 6.92 Å². The number of nitrogens with zero attached hydrogens (tertiary/aromatic N) is 3. The molecule has 0 atom stereocenters. The van der Waals surface area contributed by atoms with Crippen molar-refractivity contribution in [2.24, 2.45) is 0 Å². The van der Waals surface area contributed by atoms with Crippen molar-refractivity contribution in [1.82, 2.24) is 0 Å². The van der Waals surface area contributed by atoms with Crippen molar-refractivity contribution < 1.29 is 0 Å². The molecule has 5 heteroatoms. The first kappa shape index (κ1) is 54.7. The third kappa shape index (κ3) is 8.70. The highest BCUT2D eigenvalue weighted by molar-refractivity contribution is 7.26. The summed E-state index contributed by atoms with van der Waals surface area (Å²) in [5, 5.41) is 2.63. The first-order valence-corrected chi connectivity index (χ1v) is 31.4. The highest BCUT2D eigenvalue weighted by Gasteiger charge is 2.48. The van der Waals surface area contributed by atoms with Gasteiger partial charge in [0.15, 0.2) is 0 Å². The zero-order chi connectivity index (χ0) is 58.2. The Labute approximate surface area is 495 Å². The molecule has 8 aromatic carbocycles. The van der Waals surface area contributed by atoms with Gasteiger partial charge in [0.25, 0.3) is 6.71 Å². The fraction of sp³-hybridized carbons (Fsp3) is 0.377. The molecule has 9 aromatic rings. The van der Waals surface area contributed by atoms with E-state index < -0.39 is 0 Å². The van der Waals surface area contributed by atoms with Gasteiger partial charge >= 0.3 is 0 Å². The Kier molecular flexibility index (Phi) is 12.2. The summed E-state index contributed by atoms with van der Waals surface area (Å²) in [4.78, 5) is 7.91. The summed E-state index contributed by atoms with van der Waals surface area (Å²) >= 11 is 1.95. The molecule has 0 bridgehead atoms. The summed E-state index contributed by atoms with van der Waals surface area (Å²) in [6.07, 6.45) is 4.67. The van der Waals surface area contributed by atoms with Gasteiger partial charge < -0.3 is 14.7 Å². The fourth-order valence-corrected chi connectivity index (χ4v) is 15.9. The van der Waals surface area contributed by atoms with E-state index in [-0.39, 0.29) is 44.6 Å². The molecule has 0 N–H and O–H groups in total. The molecule has 0 spiro atoms. The average molecular weight is 1100 g/mol. The molecular weight excluding hydrogens is 1010 g/mol. The third-order valence-electron chi connectivity index (χ3n) is 20.1. The van der Waals surface area contributed by atoms with Crippen LogP contribution in [0.3, 0.4) is 0 Å². The molecule has 13 rings (SSSR count). The largest absolute Gasteiger partial charge is 0.311 e. The van der Waals surface area contributed by atoms with Crippen molar-refractivity contribution in [3.63, 3.8) is 0 Å². The molecule has 82 heavy (non-hydrogen) atoms. The molecule has 2 aliphatic carbocycles. The summed E-state index contributed by atoms with van der Waals surface area (Å²) in [6, 6.07) is 58.5. The van der Waals surface area contributed by atoms with Gasteiger partial charge in [-0.3, -0.25) is 0 Å². The Morgan fingerprint density at radius 1 is 0.415 bits per heavy atom. The number of hydrogen-bond donors (Lipinski definition) is 0. The standard InChI is InChI=1S/C77H86BN3S/c1-47-40-66-69-67(41-47)81(63-21-19-20-56-55-33-26-50(73(8,9)10)42-68(55)82-70(56)63)64-44-54(79(51-27-22-48(23-28-51)71(2,3)4)52-29-24-49(25-30-52)72(5,6)7)32-35-61(64)78(69)62-45-59-60(77(17,18)39-38-76(59,15)16)46-65(62)80(66)53-31-34-57-58(43-53)75(13,14)37-36-74(57,11)12/h19-35,40-46H,36-39H2,1-18H3. The molecule has 0 fully saturated rings. The Hall–Kier alpha value is -6.56. The van der Waals surface area contributed by atoms with E-state index in [4.69, 9.17) is 0 Å². The monoisotopic (exact) mass is 1100 g/mol. The number of thiophene rings is 1. The number of benzene rings is 8. The summed E-state index contributed by atoms with van der Waals surface area (Å²) in [7, 11) is 0. The molecule has 0 radical (unpaired) electrons. The molecule has 0 unspecified atom stereocenters. The summed E-state index contributed by atoms with van der Waals surface area (Å²) in [5.41, 5.74) is 26.6. The molecular formula is C77H86BN3S. The van der Waals surface area contributed by atoms with E-state index in [2.05, 4.69) is 285 Å². The number of fused-ring (bicyclic) bond motifs is 9. The molecule has 0 saturated heterocycles. The van der Waals surface area contributed by atoms with E-state index in [1.54, 1.807) is 0 Å². The van der Waals surface area contributed by atoms with Crippen LogP contribution < -0.4 is 31.1 Å². The van der Waals surface area contributed by atoms with E-state index in [1.807, 2.05) is 11.3 Å². The maximum atomic E-state index is 2.71.